The van der Waals surface area contributed by atoms with Crippen LogP contribution >= 0.6 is 15.9 Å². The van der Waals surface area contributed by atoms with E-state index in [9.17, 15) is 4.79 Å². The molecule has 6 nitrogen and oxygen atoms in total. The fraction of sp³-hybridized carbons (Fsp3) is 0.636. The van der Waals surface area contributed by atoms with Crippen molar-refractivity contribution < 1.29 is 4.74 Å². The Bertz CT molecular complexity index is 443. The summed E-state index contributed by atoms with van der Waals surface area (Å²) in [6.07, 6.45) is 3.56. The van der Waals surface area contributed by atoms with Gasteiger partial charge in [0.15, 0.2) is 0 Å². The minimum Gasteiger partial charge on any atom is -0.377 e. The molecule has 0 spiro atoms. The van der Waals surface area contributed by atoms with Crippen molar-refractivity contribution in [3.63, 3.8) is 0 Å². The maximum atomic E-state index is 11.5. The van der Waals surface area contributed by atoms with E-state index in [4.69, 9.17) is 10.5 Å². The molecule has 3 N–H and O–H groups in total. The Morgan fingerprint density at radius 2 is 2.28 bits per heavy atom. The van der Waals surface area contributed by atoms with E-state index in [1.165, 1.54) is 6.33 Å². The minimum absolute atomic E-state index is 0.151. The highest BCUT2D eigenvalue weighted by atomic mass is 79.9. The molecule has 0 radical (unpaired) electrons. The zero-order chi connectivity index (χ0) is 13.0. The van der Waals surface area contributed by atoms with E-state index in [2.05, 4.69) is 30.8 Å². The van der Waals surface area contributed by atoms with Crippen molar-refractivity contribution in [2.24, 2.45) is 5.73 Å². The van der Waals surface area contributed by atoms with Crippen LogP contribution in [-0.2, 0) is 4.74 Å². The summed E-state index contributed by atoms with van der Waals surface area (Å²) in [4.78, 5) is 20.3. The number of aromatic amines is 1. The summed E-state index contributed by atoms with van der Waals surface area (Å²) >= 11 is 3.28. The SMILES string of the molecule is NCCOC1CCN(c2nc[nH]c(=O)c2Br)CC1. The molecular weight excluding hydrogens is 300 g/mol. The van der Waals surface area contributed by atoms with Gasteiger partial charge in [0.25, 0.3) is 5.56 Å². The van der Waals surface area contributed by atoms with Gasteiger partial charge in [-0.1, -0.05) is 0 Å². The fourth-order valence-electron chi connectivity index (χ4n) is 2.06. The topological polar surface area (TPSA) is 84.2 Å². The first-order valence-corrected chi connectivity index (χ1v) is 6.81. The number of nitrogens with two attached hydrogens (primary N) is 1. The molecule has 7 heteroatoms. The van der Waals surface area contributed by atoms with Crippen LogP contribution in [0.5, 0.6) is 0 Å². The van der Waals surface area contributed by atoms with Gasteiger partial charge in [0.05, 0.1) is 19.0 Å². The van der Waals surface area contributed by atoms with Crippen LogP contribution in [0.2, 0.25) is 0 Å². The minimum atomic E-state index is -0.151. The first-order valence-electron chi connectivity index (χ1n) is 6.02. The van der Waals surface area contributed by atoms with E-state index in [0.717, 1.165) is 25.9 Å². The summed E-state index contributed by atoms with van der Waals surface area (Å²) in [5.41, 5.74) is 5.26. The molecule has 0 saturated carbocycles. The summed E-state index contributed by atoms with van der Waals surface area (Å²) in [5, 5.41) is 0. The predicted octanol–water partition coefficient (Wildman–Crippen LogP) is 0.476. The van der Waals surface area contributed by atoms with Crippen molar-refractivity contribution in [2.45, 2.75) is 18.9 Å². The molecule has 1 saturated heterocycles. The van der Waals surface area contributed by atoms with Crippen LogP contribution in [0.4, 0.5) is 5.82 Å². The lowest BCUT2D eigenvalue weighted by atomic mass is 10.1. The Balaban J connectivity index is 1.97. The van der Waals surface area contributed by atoms with Gasteiger partial charge < -0.3 is 20.4 Å². The van der Waals surface area contributed by atoms with Crippen molar-refractivity contribution >= 4 is 21.7 Å². The molecule has 0 atom stereocenters. The molecule has 1 aromatic rings. The second-order valence-electron chi connectivity index (χ2n) is 4.22. The molecule has 0 bridgehead atoms. The summed E-state index contributed by atoms with van der Waals surface area (Å²) in [6.45, 7) is 2.84. The first-order chi connectivity index (χ1) is 8.72. The summed E-state index contributed by atoms with van der Waals surface area (Å²) in [6, 6.07) is 0. The van der Waals surface area contributed by atoms with Crippen molar-refractivity contribution in [3.05, 3.63) is 21.2 Å². The quantitative estimate of drug-likeness (QED) is 0.844. The molecule has 0 aliphatic carbocycles. The smallest absolute Gasteiger partial charge is 0.267 e. The maximum Gasteiger partial charge on any atom is 0.267 e. The molecule has 2 rings (SSSR count). The number of H-pyrrole nitrogens is 1. The van der Waals surface area contributed by atoms with E-state index in [1.807, 2.05) is 0 Å². The van der Waals surface area contributed by atoms with Gasteiger partial charge in [0.2, 0.25) is 0 Å². The largest absolute Gasteiger partial charge is 0.377 e. The predicted molar refractivity (Wildman–Crippen MR) is 72.8 cm³/mol. The average Bonchev–Trinajstić information content (AvgIpc) is 2.40. The summed E-state index contributed by atoms with van der Waals surface area (Å²) in [5.74, 6) is 0.705. The molecule has 18 heavy (non-hydrogen) atoms. The Morgan fingerprint density at radius 1 is 1.56 bits per heavy atom. The van der Waals surface area contributed by atoms with Crippen LogP contribution in [0.25, 0.3) is 0 Å². The second-order valence-corrected chi connectivity index (χ2v) is 5.01. The third-order valence-electron chi connectivity index (χ3n) is 2.99. The zero-order valence-electron chi connectivity index (χ0n) is 10.1. The Labute approximate surface area is 114 Å². The van der Waals surface area contributed by atoms with Gasteiger partial charge in [-0.05, 0) is 28.8 Å². The molecule has 0 aromatic carbocycles. The van der Waals surface area contributed by atoms with E-state index in [-0.39, 0.29) is 11.7 Å². The van der Waals surface area contributed by atoms with Gasteiger partial charge in [0, 0.05) is 19.6 Å². The van der Waals surface area contributed by atoms with Gasteiger partial charge in [0.1, 0.15) is 10.3 Å². The monoisotopic (exact) mass is 316 g/mol. The summed E-state index contributed by atoms with van der Waals surface area (Å²) < 4.78 is 6.11. The molecule has 1 fully saturated rings. The average molecular weight is 317 g/mol. The zero-order valence-corrected chi connectivity index (χ0v) is 11.6. The van der Waals surface area contributed by atoms with Gasteiger partial charge >= 0.3 is 0 Å². The number of nitrogens with one attached hydrogen (secondary N) is 1. The Kier molecular flexibility index (Phi) is 4.73. The van der Waals surface area contributed by atoms with Crippen LogP contribution in [0, 0.1) is 0 Å². The lowest BCUT2D eigenvalue weighted by Crippen LogP contribution is -2.38. The van der Waals surface area contributed by atoms with Crippen LogP contribution < -0.4 is 16.2 Å². The lowest BCUT2D eigenvalue weighted by molar-refractivity contribution is 0.0421. The molecule has 100 valence electrons. The van der Waals surface area contributed by atoms with E-state index >= 15 is 0 Å². The van der Waals surface area contributed by atoms with Crippen molar-refractivity contribution in [3.8, 4) is 0 Å². The van der Waals surface area contributed by atoms with Crippen LogP contribution in [-0.4, -0.2) is 42.3 Å². The molecule has 1 aliphatic heterocycles. The number of hydrogen-bond donors (Lipinski definition) is 2. The third kappa shape index (κ3) is 3.09. The number of anilines is 1. The van der Waals surface area contributed by atoms with Crippen molar-refractivity contribution in [1.29, 1.82) is 0 Å². The number of halogens is 1. The standard InChI is InChI=1S/C11H17BrN4O2/c12-9-10(14-7-15-11(9)17)16-4-1-8(2-5-16)18-6-3-13/h7-8H,1-6,13H2,(H,14,15,17). The van der Waals surface area contributed by atoms with Gasteiger partial charge in [-0.15, -0.1) is 0 Å². The Morgan fingerprint density at radius 3 is 2.94 bits per heavy atom. The number of piperidine rings is 1. The first kappa shape index (κ1) is 13.5. The lowest BCUT2D eigenvalue weighted by Gasteiger charge is -2.32. The second kappa shape index (κ2) is 6.31. The van der Waals surface area contributed by atoms with Gasteiger partial charge in [-0.2, -0.15) is 0 Å². The number of hydrogen-bond acceptors (Lipinski definition) is 5. The van der Waals surface area contributed by atoms with E-state index in [0.29, 0.717) is 23.4 Å². The highest BCUT2D eigenvalue weighted by Gasteiger charge is 2.22. The number of rotatable bonds is 4. The molecule has 2 heterocycles. The molecular formula is C11H17BrN4O2. The Hall–Kier alpha value is -0.920. The number of ether oxygens (including phenoxy) is 1. The fourth-order valence-corrected chi connectivity index (χ4v) is 2.53. The van der Waals surface area contributed by atoms with Crippen molar-refractivity contribution in [1.82, 2.24) is 9.97 Å². The molecule has 0 amide bonds. The molecule has 1 aromatic heterocycles. The number of nitrogens with zero attached hydrogens (tertiary/aromatic N) is 2. The van der Waals surface area contributed by atoms with E-state index < -0.39 is 0 Å². The third-order valence-corrected chi connectivity index (χ3v) is 3.71. The number of aromatic nitrogens is 2. The maximum absolute atomic E-state index is 11.5. The highest BCUT2D eigenvalue weighted by molar-refractivity contribution is 9.10. The van der Waals surface area contributed by atoms with Crippen LogP contribution in [0.1, 0.15) is 12.8 Å². The molecule has 1 aliphatic rings. The van der Waals surface area contributed by atoms with Crippen molar-refractivity contribution in [2.75, 3.05) is 31.1 Å². The van der Waals surface area contributed by atoms with E-state index in [1.54, 1.807) is 0 Å². The normalized spacial score (nSPS) is 17.1. The molecule has 0 unspecified atom stereocenters. The highest BCUT2D eigenvalue weighted by Crippen LogP contribution is 2.23. The van der Waals surface area contributed by atoms with Gasteiger partial charge in [-0.25, -0.2) is 4.98 Å². The van der Waals surface area contributed by atoms with Crippen LogP contribution in [0.15, 0.2) is 15.6 Å². The summed E-state index contributed by atoms with van der Waals surface area (Å²) in [7, 11) is 0. The van der Waals surface area contributed by atoms with Gasteiger partial charge in [-0.3, -0.25) is 4.79 Å². The van der Waals surface area contributed by atoms with Crippen LogP contribution in [0.3, 0.4) is 0 Å².